The third kappa shape index (κ3) is 3.82. The molecule has 0 radical (unpaired) electrons. The summed E-state index contributed by atoms with van der Waals surface area (Å²) in [7, 11) is 4.65. The average molecular weight is 295 g/mol. The van der Waals surface area contributed by atoms with Gasteiger partial charge in [0.15, 0.2) is 0 Å². The van der Waals surface area contributed by atoms with Crippen molar-refractivity contribution in [3.63, 3.8) is 0 Å². The fraction of sp³-hybridized carbons (Fsp3) is 1.00. The standard InChI is InChI=1S/C19H38N2/c1-6-20-18(17-11-9-15(2)10-12-17)19(21(4)5)13-7-8-16(3)14-19/h15-18,20H,6-14H2,1-5H3. The first-order valence-electron chi connectivity index (χ1n) is 9.40. The Morgan fingerprint density at radius 1 is 1.05 bits per heavy atom. The molecule has 0 amide bonds. The molecule has 21 heavy (non-hydrogen) atoms. The van der Waals surface area contributed by atoms with E-state index in [0.29, 0.717) is 11.6 Å². The Labute approximate surface area is 133 Å². The zero-order valence-corrected chi connectivity index (χ0v) is 15.1. The van der Waals surface area contributed by atoms with Gasteiger partial charge in [0.1, 0.15) is 0 Å². The van der Waals surface area contributed by atoms with Crippen LogP contribution in [-0.2, 0) is 0 Å². The molecule has 0 spiro atoms. The summed E-state index contributed by atoms with van der Waals surface area (Å²) in [6.07, 6.45) is 11.3. The van der Waals surface area contributed by atoms with Gasteiger partial charge in [-0.1, -0.05) is 46.5 Å². The van der Waals surface area contributed by atoms with Crippen molar-refractivity contribution in [3.8, 4) is 0 Å². The van der Waals surface area contributed by atoms with Gasteiger partial charge in [-0.15, -0.1) is 0 Å². The first kappa shape index (κ1) is 17.3. The second kappa shape index (κ2) is 7.46. The van der Waals surface area contributed by atoms with Crippen LogP contribution in [0, 0.1) is 17.8 Å². The van der Waals surface area contributed by atoms with Crippen molar-refractivity contribution in [2.45, 2.75) is 83.7 Å². The van der Waals surface area contributed by atoms with E-state index in [4.69, 9.17) is 0 Å². The Kier molecular flexibility index (Phi) is 6.14. The molecule has 2 aliphatic rings. The van der Waals surface area contributed by atoms with E-state index in [1.54, 1.807) is 0 Å². The molecule has 1 N–H and O–H groups in total. The Balaban J connectivity index is 2.19. The lowest BCUT2D eigenvalue weighted by Crippen LogP contribution is -2.63. The number of nitrogens with zero attached hydrogens (tertiary/aromatic N) is 1. The van der Waals surface area contributed by atoms with Crippen LogP contribution in [0.25, 0.3) is 0 Å². The lowest BCUT2D eigenvalue weighted by atomic mass is 9.65. The van der Waals surface area contributed by atoms with E-state index < -0.39 is 0 Å². The van der Waals surface area contributed by atoms with Crippen molar-refractivity contribution in [1.29, 1.82) is 0 Å². The summed E-state index contributed by atoms with van der Waals surface area (Å²) in [4.78, 5) is 2.58. The van der Waals surface area contributed by atoms with Crippen LogP contribution >= 0.6 is 0 Å². The van der Waals surface area contributed by atoms with Gasteiger partial charge in [0.05, 0.1) is 0 Å². The topological polar surface area (TPSA) is 15.3 Å². The Morgan fingerprint density at radius 3 is 2.24 bits per heavy atom. The average Bonchev–Trinajstić information content (AvgIpc) is 2.45. The maximum atomic E-state index is 3.94. The van der Waals surface area contributed by atoms with Gasteiger partial charge in [-0.05, 0) is 64.1 Å². The minimum absolute atomic E-state index is 0.388. The van der Waals surface area contributed by atoms with Crippen molar-refractivity contribution >= 4 is 0 Å². The SMILES string of the molecule is CCNC(C1CCC(C)CC1)C1(N(C)C)CCCC(C)C1. The molecule has 3 atom stereocenters. The molecule has 0 aromatic carbocycles. The van der Waals surface area contributed by atoms with E-state index in [1.807, 2.05) is 0 Å². The third-order valence-corrected chi connectivity index (χ3v) is 6.43. The Bertz CT molecular complexity index is 307. The van der Waals surface area contributed by atoms with Crippen molar-refractivity contribution in [2.24, 2.45) is 17.8 Å². The largest absolute Gasteiger partial charge is 0.312 e. The highest BCUT2D eigenvalue weighted by Gasteiger charge is 2.46. The summed E-state index contributed by atoms with van der Waals surface area (Å²) in [6, 6.07) is 0.688. The highest BCUT2D eigenvalue weighted by Crippen LogP contribution is 2.43. The van der Waals surface area contributed by atoms with Crippen molar-refractivity contribution in [1.82, 2.24) is 10.2 Å². The number of hydrogen-bond acceptors (Lipinski definition) is 2. The van der Waals surface area contributed by atoms with Crippen LogP contribution < -0.4 is 5.32 Å². The minimum Gasteiger partial charge on any atom is -0.312 e. The molecule has 0 aromatic rings. The van der Waals surface area contributed by atoms with Crippen LogP contribution in [0.3, 0.4) is 0 Å². The monoisotopic (exact) mass is 294 g/mol. The van der Waals surface area contributed by atoms with Gasteiger partial charge < -0.3 is 10.2 Å². The second-order valence-electron chi connectivity index (χ2n) is 8.25. The highest BCUT2D eigenvalue weighted by atomic mass is 15.2. The van der Waals surface area contributed by atoms with Crippen LogP contribution in [-0.4, -0.2) is 37.1 Å². The molecule has 0 heterocycles. The number of rotatable bonds is 5. The zero-order chi connectivity index (χ0) is 15.5. The van der Waals surface area contributed by atoms with E-state index in [9.17, 15) is 0 Å². The van der Waals surface area contributed by atoms with E-state index >= 15 is 0 Å². The van der Waals surface area contributed by atoms with Gasteiger partial charge in [0.25, 0.3) is 0 Å². The number of nitrogens with one attached hydrogen (secondary N) is 1. The molecular weight excluding hydrogens is 256 g/mol. The quantitative estimate of drug-likeness (QED) is 0.813. The molecule has 2 fully saturated rings. The maximum absolute atomic E-state index is 3.94. The van der Waals surface area contributed by atoms with Crippen LogP contribution in [0.2, 0.25) is 0 Å². The molecule has 0 aromatic heterocycles. The van der Waals surface area contributed by atoms with Gasteiger partial charge in [0.2, 0.25) is 0 Å². The lowest BCUT2D eigenvalue weighted by molar-refractivity contribution is 0.00627. The highest BCUT2D eigenvalue weighted by molar-refractivity contribution is 5.04. The normalized spacial score (nSPS) is 39.4. The maximum Gasteiger partial charge on any atom is 0.0361 e. The molecule has 2 heteroatoms. The fourth-order valence-corrected chi connectivity index (χ4v) is 5.17. The van der Waals surface area contributed by atoms with Crippen molar-refractivity contribution < 1.29 is 0 Å². The Morgan fingerprint density at radius 2 is 1.71 bits per heavy atom. The third-order valence-electron chi connectivity index (χ3n) is 6.43. The van der Waals surface area contributed by atoms with E-state index in [-0.39, 0.29) is 0 Å². The molecule has 3 unspecified atom stereocenters. The summed E-state index contributed by atoms with van der Waals surface area (Å²) < 4.78 is 0. The summed E-state index contributed by atoms with van der Waals surface area (Å²) in [5.41, 5.74) is 0.388. The fourth-order valence-electron chi connectivity index (χ4n) is 5.17. The van der Waals surface area contributed by atoms with Crippen LogP contribution in [0.1, 0.15) is 72.1 Å². The first-order chi connectivity index (χ1) is 9.99. The summed E-state index contributed by atoms with van der Waals surface area (Å²) in [6.45, 7) is 8.29. The van der Waals surface area contributed by atoms with Crippen molar-refractivity contribution in [2.75, 3.05) is 20.6 Å². The molecule has 2 saturated carbocycles. The lowest BCUT2D eigenvalue weighted by Gasteiger charge is -2.53. The van der Waals surface area contributed by atoms with Gasteiger partial charge in [0, 0.05) is 11.6 Å². The van der Waals surface area contributed by atoms with E-state index in [2.05, 4.69) is 45.1 Å². The van der Waals surface area contributed by atoms with Crippen molar-refractivity contribution in [3.05, 3.63) is 0 Å². The second-order valence-corrected chi connectivity index (χ2v) is 8.25. The van der Waals surface area contributed by atoms with Gasteiger partial charge in [-0.2, -0.15) is 0 Å². The van der Waals surface area contributed by atoms with E-state index in [1.165, 1.54) is 51.4 Å². The molecule has 2 nitrogen and oxygen atoms in total. The van der Waals surface area contributed by atoms with Crippen LogP contribution in [0.15, 0.2) is 0 Å². The predicted octanol–water partition coefficient (Wildman–Crippen LogP) is 4.30. The van der Waals surface area contributed by atoms with Gasteiger partial charge in [-0.3, -0.25) is 0 Å². The zero-order valence-electron chi connectivity index (χ0n) is 15.1. The first-order valence-corrected chi connectivity index (χ1v) is 9.40. The Hall–Kier alpha value is -0.0800. The van der Waals surface area contributed by atoms with Crippen LogP contribution in [0.5, 0.6) is 0 Å². The predicted molar refractivity (Wildman–Crippen MR) is 92.6 cm³/mol. The minimum atomic E-state index is 0.388. The summed E-state index contributed by atoms with van der Waals surface area (Å²) >= 11 is 0. The summed E-state index contributed by atoms with van der Waals surface area (Å²) in [5, 5.41) is 3.94. The van der Waals surface area contributed by atoms with E-state index in [0.717, 1.165) is 24.3 Å². The molecule has 2 aliphatic carbocycles. The smallest absolute Gasteiger partial charge is 0.0361 e. The number of hydrogen-bond donors (Lipinski definition) is 1. The summed E-state index contributed by atoms with van der Waals surface area (Å²) in [5.74, 6) is 2.71. The molecule has 0 saturated heterocycles. The molecule has 124 valence electrons. The van der Waals surface area contributed by atoms with Crippen LogP contribution in [0.4, 0.5) is 0 Å². The molecule has 0 aliphatic heterocycles. The molecular formula is C19H38N2. The molecule has 0 bridgehead atoms. The van der Waals surface area contributed by atoms with Gasteiger partial charge in [-0.25, -0.2) is 0 Å². The van der Waals surface area contributed by atoms with Gasteiger partial charge >= 0.3 is 0 Å². The number of likely N-dealkylation sites (N-methyl/N-ethyl adjacent to an activating group) is 2. The molecule has 2 rings (SSSR count).